The fraction of sp³-hybridized carbons (Fsp3) is 0.324. The van der Waals surface area contributed by atoms with E-state index in [2.05, 4.69) is 40.2 Å². The van der Waals surface area contributed by atoms with Gasteiger partial charge in [-0.15, -0.1) is 0 Å². The van der Waals surface area contributed by atoms with Crippen molar-refractivity contribution in [2.75, 3.05) is 26.2 Å². The highest BCUT2D eigenvalue weighted by atomic mass is 32.2. The van der Waals surface area contributed by atoms with E-state index in [9.17, 15) is 13.2 Å². The lowest BCUT2D eigenvalue weighted by Crippen LogP contribution is -2.37. The number of amides is 1. The number of piperidine rings is 1. The van der Waals surface area contributed by atoms with Gasteiger partial charge in [0, 0.05) is 43.5 Å². The van der Waals surface area contributed by atoms with E-state index >= 15 is 0 Å². The van der Waals surface area contributed by atoms with E-state index < -0.39 is 10.0 Å². The Morgan fingerprint density at radius 3 is 2.28 bits per heavy atom. The third kappa shape index (κ3) is 7.61. The van der Waals surface area contributed by atoms with Crippen LogP contribution in [0.2, 0.25) is 0 Å². The number of benzene rings is 3. The summed E-state index contributed by atoms with van der Waals surface area (Å²) in [6, 6.07) is 27.3. The van der Waals surface area contributed by atoms with Crippen molar-refractivity contribution in [3.63, 3.8) is 0 Å². The number of para-hydroxylation sites is 1. The third-order valence-electron chi connectivity index (χ3n) is 8.60. The van der Waals surface area contributed by atoms with E-state index in [0.717, 1.165) is 61.6 Å². The molecule has 1 amide bonds. The molecule has 2 aliphatic heterocycles. The highest BCUT2D eigenvalue weighted by Gasteiger charge is 2.30. The van der Waals surface area contributed by atoms with Gasteiger partial charge in [-0.05, 0) is 85.7 Å². The van der Waals surface area contributed by atoms with E-state index in [0.29, 0.717) is 35.2 Å². The fourth-order valence-corrected chi connectivity index (χ4v) is 8.81. The lowest BCUT2D eigenvalue weighted by Gasteiger charge is -2.32. The summed E-state index contributed by atoms with van der Waals surface area (Å²) in [7, 11) is -3.69. The standard InChI is InChI=1S/C37H41N5O3S2/c1-3-20-41(21-4-2)47(44,45)33-17-11-14-30(25-33)35-31(27-42(39-35)32-15-9-6-10-16-32)26-34-36(43)38-37(46-34)40-22-18-29(19-23-40)24-28-12-7-5-8-13-28/h5-17,25-27,29H,3-4,18-24H2,1-2H3. The van der Waals surface area contributed by atoms with E-state index in [1.54, 1.807) is 27.2 Å². The monoisotopic (exact) mass is 667 g/mol. The second-order valence-corrected chi connectivity index (χ2v) is 15.0. The zero-order chi connectivity index (χ0) is 32.8. The molecule has 10 heteroatoms. The van der Waals surface area contributed by atoms with Crippen LogP contribution in [-0.2, 0) is 21.2 Å². The van der Waals surface area contributed by atoms with Crippen LogP contribution in [0.1, 0.15) is 50.7 Å². The smallest absolute Gasteiger partial charge is 0.286 e. The minimum absolute atomic E-state index is 0.234. The normalized spacial score (nSPS) is 16.7. The van der Waals surface area contributed by atoms with Gasteiger partial charge in [0.25, 0.3) is 5.91 Å². The first-order valence-corrected chi connectivity index (χ1v) is 18.7. The average Bonchev–Trinajstić information content (AvgIpc) is 3.69. The fourth-order valence-electron chi connectivity index (χ4n) is 6.18. The number of hydrogen-bond acceptors (Lipinski definition) is 6. The quantitative estimate of drug-likeness (QED) is 0.156. The molecule has 0 bridgehead atoms. The zero-order valence-electron chi connectivity index (χ0n) is 27.0. The highest BCUT2D eigenvalue weighted by molar-refractivity contribution is 8.18. The molecule has 8 nitrogen and oxygen atoms in total. The van der Waals surface area contributed by atoms with Gasteiger partial charge in [0.2, 0.25) is 10.0 Å². The van der Waals surface area contributed by atoms with Crippen LogP contribution in [0.4, 0.5) is 0 Å². The Balaban J connectivity index is 1.26. The summed E-state index contributed by atoms with van der Waals surface area (Å²) in [5, 5.41) is 5.65. The van der Waals surface area contributed by atoms with Gasteiger partial charge in [-0.3, -0.25) is 4.79 Å². The number of thioether (sulfide) groups is 1. The van der Waals surface area contributed by atoms with Crippen LogP contribution in [0.3, 0.4) is 0 Å². The molecular weight excluding hydrogens is 627 g/mol. The van der Waals surface area contributed by atoms with Crippen molar-refractivity contribution in [1.29, 1.82) is 0 Å². The van der Waals surface area contributed by atoms with Crippen molar-refractivity contribution < 1.29 is 13.2 Å². The summed E-state index contributed by atoms with van der Waals surface area (Å²) < 4.78 is 30.6. The predicted octanol–water partition coefficient (Wildman–Crippen LogP) is 7.28. The van der Waals surface area contributed by atoms with E-state index in [4.69, 9.17) is 5.10 Å². The summed E-state index contributed by atoms with van der Waals surface area (Å²) >= 11 is 1.40. The maximum Gasteiger partial charge on any atom is 0.286 e. The van der Waals surface area contributed by atoms with Gasteiger partial charge in [-0.2, -0.15) is 14.4 Å². The van der Waals surface area contributed by atoms with E-state index in [-0.39, 0.29) is 10.8 Å². The number of sulfonamides is 1. The van der Waals surface area contributed by atoms with Crippen LogP contribution in [0.5, 0.6) is 0 Å². The molecule has 0 unspecified atom stereocenters. The van der Waals surface area contributed by atoms with Crippen LogP contribution in [0, 0.1) is 5.92 Å². The Morgan fingerprint density at radius 1 is 0.915 bits per heavy atom. The van der Waals surface area contributed by atoms with E-state index in [1.807, 2.05) is 62.5 Å². The lowest BCUT2D eigenvalue weighted by molar-refractivity contribution is -0.113. The molecule has 3 aromatic carbocycles. The average molecular weight is 668 g/mol. The molecule has 0 N–H and O–H groups in total. The van der Waals surface area contributed by atoms with Gasteiger partial charge in [0.1, 0.15) is 5.69 Å². The summed E-state index contributed by atoms with van der Waals surface area (Å²) in [5.74, 6) is 0.356. The molecule has 4 aromatic rings. The number of likely N-dealkylation sites (tertiary alicyclic amines) is 1. The minimum atomic E-state index is -3.69. The molecule has 0 radical (unpaired) electrons. The SMILES string of the molecule is CCCN(CCC)S(=O)(=O)c1cccc(-c2nn(-c3ccccc3)cc2C=C2SC(N3CCC(Cc4ccccc4)CC3)=NC2=O)c1. The Labute approximate surface area is 282 Å². The van der Waals surface area contributed by atoms with Crippen molar-refractivity contribution in [3.8, 4) is 16.9 Å². The molecular formula is C37H41N5O3S2. The maximum atomic E-state index is 13.6. The maximum absolute atomic E-state index is 13.6. The summed E-state index contributed by atoms with van der Waals surface area (Å²) in [5.41, 5.74) is 4.21. The molecule has 1 fully saturated rings. The number of nitrogens with zero attached hydrogens (tertiary/aromatic N) is 5. The first kappa shape index (κ1) is 32.9. The highest BCUT2D eigenvalue weighted by Crippen LogP contribution is 2.35. The molecule has 2 aliphatic rings. The van der Waals surface area contributed by atoms with Gasteiger partial charge in [-0.25, -0.2) is 13.1 Å². The van der Waals surface area contributed by atoms with Crippen LogP contribution < -0.4 is 0 Å². The molecule has 3 heterocycles. The molecule has 1 saturated heterocycles. The summed E-state index contributed by atoms with van der Waals surface area (Å²) in [6.45, 7) is 6.64. The van der Waals surface area contributed by atoms with Gasteiger partial charge >= 0.3 is 0 Å². The second-order valence-electron chi connectivity index (χ2n) is 12.1. The molecule has 0 aliphatic carbocycles. The molecule has 47 heavy (non-hydrogen) atoms. The van der Waals surface area contributed by atoms with Crippen LogP contribution >= 0.6 is 11.8 Å². The topological polar surface area (TPSA) is 87.9 Å². The first-order valence-electron chi connectivity index (χ1n) is 16.4. The number of amidine groups is 1. The van der Waals surface area contributed by atoms with Crippen molar-refractivity contribution in [2.45, 2.75) is 50.8 Å². The van der Waals surface area contributed by atoms with E-state index in [1.165, 1.54) is 17.3 Å². The van der Waals surface area contributed by atoms with Gasteiger partial charge < -0.3 is 4.90 Å². The number of carbonyl (C=O) groups excluding carboxylic acids is 1. The van der Waals surface area contributed by atoms with Crippen molar-refractivity contribution in [3.05, 3.63) is 107 Å². The van der Waals surface area contributed by atoms with Gasteiger partial charge in [0.05, 0.1) is 15.5 Å². The van der Waals surface area contributed by atoms with Gasteiger partial charge in [-0.1, -0.05) is 74.5 Å². The molecule has 0 spiro atoms. The second kappa shape index (κ2) is 14.8. The first-order chi connectivity index (χ1) is 22.9. The summed E-state index contributed by atoms with van der Waals surface area (Å²) in [4.78, 5) is 20.7. The molecule has 244 valence electrons. The number of aliphatic imine (C=N–C) groups is 1. The third-order valence-corrected chi connectivity index (χ3v) is 11.5. The number of carbonyl (C=O) groups is 1. The molecule has 0 saturated carbocycles. The van der Waals surface area contributed by atoms with Crippen molar-refractivity contribution in [1.82, 2.24) is 19.0 Å². The molecule has 6 rings (SSSR count). The summed E-state index contributed by atoms with van der Waals surface area (Å²) in [6.07, 6.45) is 8.39. The lowest BCUT2D eigenvalue weighted by atomic mass is 9.90. The van der Waals surface area contributed by atoms with Crippen LogP contribution in [0.25, 0.3) is 23.0 Å². The van der Waals surface area contributed by atoms with Crippen molar-refractivity contribution >= 4 is 38.9 Å². The number of rotatable bonds is 11. The number of hydrogen-bond donors (Lipinski definition) is 0. The Kier molecular flexibility index (Phi) is 10.4. The Hall–Kier alpha value is -3.99. The molecule has 1 aromatic heterocycles. The van der Waals surface area contributed by atoms with Crippen LogP contribution in [0.15, 0.2) is 106 Å². The zero-order valence-corrected chi connectivity index (χ0v) is 28.6. The minimum Gasteiger partial charge on any atom is -0.351 e. The Morgan fingerprint density at radius 2 is 1.60 bits per heavy atom. The molecule has 0 atom stereocenters. The van der Waals surface area contributed by atoms with Crippen molar-refractivity contribution in [2.24, 2.45) is 10.9 Å². The van der Waals surface area contributed by atoms with Crippen LogP contribution in [-0.4, -0.2) is 64.7 Å². The Bertz CT molecular complexity index is 1860. The number of aromatic nitrogens is 2. The predicted molar refractivity (Wildman–Crippen MR) is 191 cm³/mol. The largest absolute Gasteiger partial charge is 0.351 e. The van der Waals surface area contributed by atoms with Gasteiger partial charge in [0.15, 0.2) is 5.17 Å².